The lowest BCUT2D eigenvalue weighted by atomic mass is 9.94. The molecule has 0 spiro atoms. The highest BCUT2D eigenvalue weighted by atomic mass is 19.1. The van der Waals surface area contributed by atoms with Crippen molar-refractivity contribution in [2.24, 2.45) is 0 Å². The summed E-state index contributed by atoms with van der Waals surface area (Å²) in [4.78, 5) is 0. The van der Waals surface area contributed by atoms with Crippen LogP contribution in [0.25, 0.3) is 22.3 Å². The van der Waals surface area contributed by atoms with Gasteiger partial charge in [0.2, 0.25) is 0 Å². The van der Waals surface area contributed by atoms with Gasteiger partial charge < -0.3 is 0 Å². The smallest absolute Gasteiger partial charge is 0.131 e. The van der Waals surface area contributed by atoms with Crippen LogP contribution in [-0.2, 0) is 6.42 Å². The lowest BCUT2D eigenvalue weighted by Gasteiger charge is -2.11. The van der Waals surface area contributed by atoms with Crippen molar-refractivity contribution in [1.82, 2.24) is 0 Å². The fraction of sp³-hybridized carbons (Fsp3) is 0.280. The first kappa shape index (κ1) is 17.0. The van der Waals surface area contributed by atoms with Gasteiger partial charge in [0, 0.05) is 5.56 Å². The van der Waals surface area contributed by atoms with Crippen molar-refractivity contribution in [2.75, 3.05) is 0 Å². The summed E-state index contributed by atoms with van der Waals surface area (Å²) in [6.45, 7) is 2.14. The molecule has 1 saturated carbocycles. The molecule has 3 aromatic rings. The molecule has 0 aliphatic heterocycles. The maximum Gasteiger partial charge on any atom is 0.131 e. The van der Waals surface area contributed by atoms with E-state index in [2.05, 4.69) is 55.5 Å². The molecule has 3 aromatic carbocycles. The second kappa shape index (κ2) is 7.45. The van der Waals surface area contributed by atoms with Gasteiger partial charge in [0.25, 0.3) is 0 Å². The average molecular weight is 344 g/mol. The minimum absolute atomic E-state index is 0.157. The van der Waals surface area contributed by atoms with Crippen molar-refractivity contribution in [3.8, 4) is 22.3 Å². The van der Waals surface area contributed by atoms with E-state index >= 15 is 0 Å². The molecular weight excluding hydrogens is 319 g/mol. The van der Waals surface area contributed by atoms with Crippen LogP contribution in [0.2, 0.25) is 0 Å². The van der Waals surface area contributed by atoms with Crippen LogP contribution >= 0.6 is 0 Å². The minimum Gasteiger partial charge on any atom is -0.206 e. The third kappa shape index (κ3) is 3.44. The normalized spacial score (nSPS) is 14.7. The van der Waals surface area contributed by atoms with Crippen LogP contribution in [0.4, 0.5) is 4.39 Å². The molecule has 1 heteroatoms. The Labute approximate surface area is 155 Å². The van der Waals surface area contributed by atoms with E-state index in [0.29, 0.717) is 11.5 Å². The minimum atomic E-state index is -0.157. The molecule has 1 fully saturated rings. The molecule has 0 atom stereocenters. The first-order chi connectivity index (χ1) is 12.7. The molecule has 26 heavy (non-hydrogen) atoms. The molecule has 0 aromatic heterocycles. The van der Waals surface area contributed by atoms with Gasteiger partial charge in [0.05, 0.1) is 0 Å². The number of rotatable bonds is 4. The molecule has 4 rings (SSSR count). The lowest BCUT2D eigenvalue weighted by Crippen LogP contribution is -1.92. The van der Waals surface area contributed by atoms with Gasteiger partial charge in [-0.3, -0.25) is 0 Å². The molecule has 0 radical (unpaired) electrons. The Morgan fingerprint density at radius 1 is 0.769 bits per heavy atom. The van der Waals surface area contributed by atoms with E-state index in [0.717, 1.165) is 23.1 Å². The SMILES string of the molecule is CCc1ccc(-c2ccc(-c3ccc(C4CCCC4)cc3)c(F)c2)cc1. The number of halogens is 1. The zero-order valence-electron chi connectivity index (χ0n) is 15.3. The maximum atomic E-state index is 14.8. The fourth-order valence-electron chi connectivity index (χ4n) is 4.06. The standard InChI is InChI=1S/C25H25F/c1-2-18-7-9-21(10-8-18)23-15-16-24(25(26)17-23)22-13-11-20(12-14-22)19-5-3-4-6-19/h7-17,19H,2-6H2,1H3. The topological polar surface area (TPSA) is 0 Å². The predicted molar refractivity (Wildman–Crippen MR) is 108 cm³/mol. The van der Waals surface area contributed by atoms with E-state index in [1.54, 1.807) is 6.07 Å². The molecule has 0 amide bonds. The Bertz CT molecular complexity index is 869. The largest absolute Gasteiger partial charge is 0.206 e. The Balaban J connectivity index is 1.59. The molecular formula is C25H25F. The van der Waals surface area contributed by atoms with Gasteiger partial charge in [-0.05, 0) is 59.1 Å². The van der Waals surface area contributed by atoms with Crippen molar-refractivity contribution < 1.29 is 4.39 Å². The molecule has 0 saturated heterocycles. The summed E-state index contributed by atoms with van der Waals surface area (Å²) in [5.74, 6) is 0.540. The van der Waals surface area contributed by atoms with Crippen molar-refractivity contribution in [2.45, 2.75) is 44.9 Å². The van der Waals surface area contributed by atoms with Crippen molar-refractivity contribution in [3.63, 3.8) is 0 Å². The summed E-state index contributed by atoms with van der Waals surface area (Å²) >= 11 is 0. The zero-order chi connectivity index (χ0) is 17.9. The van der Waals surface area contributed by atoms with Gasteiger partial charge >= 0.3 is 0 Å². The monoisotopic (exact) mass is 344 g/mol. The zero-order valence-corrected chi connectivity index (χ0v) is 15.3. The van der Waals surface area contributed by atoms with Gasteiger partial charge in [-0.1, -0.05) is 80.4 Å². The highest BCUT2D eigenvalue weighted by molar-refractivity contribution is 5.71. The average Bonchev–Trinajstić information content (AvgIpc) is 3.23. The van der Waals surface area contributed by atoms with Crippen LogP contribution < -0.4 is 0 Å². The number of hydrogen-bond acceptors (Lipinski definition) is 0. The summed E-state index contributed by atoms with van der Waals surface area (Å²) in [5.41, 5.74) is 6.32. The number of benzene rings is 3. The predicted octanol–water partition coefficient (Wildman–Crippen LogP) is 7.38. The van der Waals surface area contributed by atoms with Gasteiger partial charge in [-0.15, -0.1) is 0 Å². The van der Waals surface area contributed by atoms with E-state index < -0.39 is 0 Å². The van der Waals surface area contributed by atoms with E-state index in [-0.39, 0.29) is 5.82 Å². The van der Waals surface area contributed by atoms with Gasteiger partial charge in [-0.25, -0.2) is 4.39 Å². The molecule has 1 aliphatic rings. The summed E-state index contributed by atoms with van der Waals surface area (Å²) in [5, 5.41) is 0. The Hall–Kier alpha value is -2.41. The Kier molecular flexibility index (Phi) is 4.88. The lowest BCUT2D eigenvalue weighted by molar-refractivity contribution is 0.632. The van der Waals surface area contributed by atoms with Crippen LogP contribution in [0.5, 0.6) is 0 Å². The highest BCUT2D eigenvalue weighted by Gasteiger charge is 2.17. The van der Waals surface area contributed by atoms with Gasteiger partial charge in [-0.2, -0.15) is 0 Å². The molecule has 1 aliphatic carbocycles. The first-order valence-electron chi connectivity index (χ1n) is 9.74. The molecule has 0 nitrogen and oxygen atoms in total. The molecule has 132 valence electrons. The molecule has 0 unspecified atom stereocenters. The summed E-state index contributed by atoms with van der Waals surface area (Å²) in [6.07, 6.45) is 6.27. The van der Waals surface area contributed by atoms with E-state index in [1.165, 1.54) is 36.8 Å². The van der Waals surface area contributed by atoms with E-state index in [9.17, 15) is 4.39 Å². The van der Waals surface area contributed by atoms with Crippen molar-refractivity contribution >= 4 is 0 Å². The van der Waals surface area contributed by atoms with Crippen LogP contribution in [0.1, 0.15) is 49.7 Å². The van der Waals surface area contributed by atoms with Gasteiger partial charge in [0.1, 0.15) is 5.82 Å². The summed E-state index contributed by atoms with van der Waals surface area (Å²) in [6, 6.07) is 22.5. The molecule has 0 heterocycles. The highest BCUT2D eigenvalue weighted by Crippen LogP contribution is 2.35. The Morgan fingerprint density at radius 2 is 1.38 bits per heavy atom. The third-order valence-corrected chi connectivity index (χ3v) is 5.71. The van der Waals surface area contributed by atoms with E-state index in [4.69, 9.17) is 0 Å². The van der Waals surface area contributed by atoms with Crippen LogP contribution in [0.15, 0.2) is 66.7 Å². The van der Waals surface area contributed by atoms with Crippen molar-refractivity contribution in [1.29, 1.82) is 0 Å². The molecule has 0 N–H and O–H groups in total. The Morgan fingerprint density at radius 3 is 2.00 bits per heavy atom. The number of aryl methyl sites for hydroxylation is 1. The van der Waals surface area contributed by atoms with E-state index in [1.807, 2.05) is 12.1 Å². The van der Waals surface area contributed by atoms with Crippen LogP contribution in [0.3, 0.4) is 0 Å². The summed E-state index contributed by atoms with van der Waals surface area (Å²) in [7, 11) is 0. The van der Waals surface area contributed by atoms with Gasteiger partial charge in [0.15, 0.2) is 0 Å². The number of hydrogen-bond donors (Lipinski definition) is 0. The fourth-order valence-corrected chi connectivity index (χ4v) is 4.06. The molecule has 0 bridgehead atoms. The quantitative estimate of drug-likeness (QED) is 0.463. The third-order valence-electron chi connectivity index (χ3n) is 5.71. The maximum absolute atomic E-state index is 14.8. The van der Waals surface area contributed by atoms with Crippen LogP contribution in [-0.4, -0.2) is 0 Å². The second-order valence-corrected chi connectivity index (χ2v) is 7.35. The second-order valence-electron chi connectivity index (χ2n) is 7.35. The first-order valence-corrected chi connectivity index (χ1v) is 9.74. The summed E-state index contributed by atoms with van der Waals surface area (Å²) < 4.78 is 14.8. The van der Waals surface area contributed by atoms with Crippen LogP contribution in [0, 0.1) is 5.82 Å². The van der Waals surface area contributed by atoms with Crippen molar-refractivity contribution in [3.05, 3.63) is 83.7 Å².